The normalized spacial score (nSPS) is 10.8. The molecule has 0 spiro atoms. The summed E-state index contributed by atoms with van der Waals surface area (Å²) in [6.07, 6.45) is 1.07. The van der Waals surface area contributed by atoms with E-state index in [0.29, 0.717) is 37.0 Å². The van der Waals surface area contributed by atoms with Gasteiger partial charge in [0.25, 0.3) is 0 Å². The van der Waals surface area contributed by atoms with Crippen molar-refractivity contribution < 1.29 is 9.32 Å². The summed E-state index contributed by atoms with van der Waals surface area (Å²) < 4.78 is 5.24. The van der Waals surface area contributed by atoms with Crippen LogP contribution in [0.25, 0.3) is 11.4 Å². The van der Waals surface area contributed by atoms with Gasteiger partial charge in [-0.05, 0) is 30.2 Å². The average Bonchev–Trinajstić information content (AvgIpc) is 2.95. The number of anilines is 1. The fourth-order valence-electron chi connectivity index (χ4n) is 2.13. The molecule has 0 saturated carbocycles. The van der Waals surface area contributed by atoms with E-state index in [2.05, 4.69) is 15.5 Å². The second-order valence-electron chi connectivity index (χ2n) is 6.15. The molecule has 0 aliphatic rings. The molecule has 23 heavy (non-hydrogen) atoms. The van der Waals surface area contributed by atoms with Crippen molar-refractivity contribution in [3.05, 3.63) is 30.2 Å². The Hall–Kier alpha value is -2.37. The molecule has 1 aromatic heterocycles. The summed E-state index contributed by atoms with van der Waals surface area (Å²) in [4.78, 5) is 18.0. The first-order valence-corrected chi connectivity index (χ1v) is 7.82. The van der Waals surface area contributed by atoms with Crippen LogP contribution in [0.15, 0.2) is 28.8 Å². The molecular weight excluding hydrogens is 292 g/mol. The number of amides is 1. The van der Waals surface area contributed by atoms with E-state index in [1.165, 1.54) is 0 Å². The fourth-order valence-corrected chi connectivity index (χ4v) is 2.13. The third-order valence-corrected chi connectivity index (χ3v) is 3.36. The van der Waals surface area contributed by atoms with Crippen LogP contribution in [-0.4, -0.2) is 36.7 Å². The molecule has 1 heterocycles. The van der Waals surface area contributed by atoms with Crippen LogP contribution in [0.1, 0.15) is 26.2 Å². The highest BCUT2D eigenvalue weighted by Gasteiger charge is 2.10. The maximum atomic E-state index is 11.6. The van der Waals surface area contributed by atoms with E-state index in [1.807, 2.05) is 57.1 Å². The van der Waals surface area contributed by atoms with E-state index in [9.17, 15) is 4.79 Å². The zero-order valence-electron chi connectivity index (χ0n) is 14.2. The second-order valence-corrected chi connectivity index (χ2v) is 6.15. The number of aromatic nitrogens is 2. The molecule has 1 N–H and O–H groups in total. The minimum atomic E-state index is 0.0546. The quantitative estimate of drug-likeness (QED) is 0.850. The Morgan fingerprint density at radius 2 is 1.96 bits per heavy atom. The Kier molecular flexibility index (Phi) is 5.73. The highest BCUT2D eigenvalue weighted by molar-refractivity contribution is 5.76. The Labute approximate surface area is 136 Å². The van der Waals surface area contributed by atoms with Gasteiger partial charge >= 0.3 is 0 Å². The number of rotatable bonds is 7. The second kappa shape index (κ2) is 7.76. The van der Waals surface area contributed by atoms with Crippen molar-refractivity contribution in [1.82, 2.24) is 15.5 Å². The molecule has 2 aromatic rings. The minimum absolute atomic E-state index is 0.0546. The van der Waals surface area contributed by atoms with Crippen molar-refractivity contribution in [3.63, 3.8) is 0 Å². The van der Waals surface area contributed by atoms with Crippen molar-refractivity contribution in [1.29, 1.82) is 0 Å². The SMILES string of the molecule is CC(C)CC(=O)NCCc1nc(-c2ccc(N(C)C)cc2)no1. The molecule has 1 aromatic carbocycles. The molecule has 0 fully saturated rings. The predicted octanol–water partition coefficient (Wildman–Crippen LogP) is 2.51. The number of carbonyl (C=O) groups is 1. The fraction of sp³-hybridized carbons (Fsp3) is 0.471. The molecule has 0 saturated heterocycles. The van der Waals surface area contributed by atoms with Crippen LogP contribution in [0.2, 0.25) is 0 Å². The van der Waals surface area contributed by atoms with E-state index in [0.717, 1.165) is 11.3 Å². The Bertz CT molecular complexity index is 632. The molecule has 0 bridgehead atoms. The van der Waals surface area contributed by atoms with Gasteiger partial charge in [0.15, 0.2) is 0 Å². The molecule has 0 aliphatic heterocycles. The molecular formula is C17H24N4O2. The molecule has 0 radical (unpaired) electrons. The van der Waals surface area contributed by atoms with Crippen molar-refractivity contribution in [3.8, 4) is 11.4 Å². The van der Waals surface area contributed by atoms with Crippen LogP contribution in [0.3, 0.4) is 0 Å². The van der Waals surface area contributed by atoms with Gasteiger partial charge in [-0.1, -0.05) is 19.0 Å². The standard InChI is InChI=1S/C17H24N4O2/c1-12(2)11-15(22)18-10-9-16-19-17(20-23-16)13-5-7-14(8-6-13)21(3)4/h5-8,12H,9-11H2,1-4H3,(H,18,22). The van der Waals surface area contributed by atoms with E-state index in [-0.39, 0.29) is 5.91 Å². The van der Waals surface area contributed by atoms with Gasteiger partial charge in [0, 0.05) is 44.7 Å². The predicted molar refractivity (Wildman–Crippen MR) is 90.2 cm³/mol. The third-order valence-electron chi connectivity index (χ3n) is 3.36. The molecule has 124 valence electrons. The highest BCUT2D eigenvalue weighted by Crippen LogP contribution is 2.19. The Morgan fingerprint density at radius 1 is 1.26 bits per heavy atom. The van der Waals surface area contributed by atoms with E-state index in [4.69, 9.17) is 4.52 Å². The van der Waals surface area contributed by atoms with Gasteiger partial charge in [-0.15, -0.1) is 0 Å². The van der Waals surface area contributed by atoms with E-state index < -0.39 is 0 Å². The molecule has 0 atom stereocenters. The number of hydrogen-bond acceptors (Lipinski definition) is 5. The van der Waals surface area contributed by atoms with Crippen LogP contribution in [0.4, 0.5) is 5.69 Å². The maximum Gasteiger partial charge on any atom is 0.228 e. The summed E-state index contributed by atoms with van der Waals surface area (Å²) >= 11 is 0. The van der Waals surface area contributed by atoms with Crippen LogP contribution in [0, 0.1) is 5.92 Å². The summed E-state index contributed by atoms with van der Waals surface area (Å²) in [5.74, 6) is 1.51. The molecule has 1 amide bonds. The van der Waals surface area contributed by atoms with Crippen molar-refractivity contribution in [2.45, 2.75) is 26.7 Å². The van der Waals surface area contributed by atoms with Gasteiger partial charge < -0.3 is 14.7 Å². The first-order valence-electron chi connectivity index (χ1n) is 7.82. The number of benzene rings is 1. The molecule has 0 aliphatic carbocycles. The van der Waals surface area contributed by atoms with E-state index in [1.54, 1.807) is 0 Å². The number of nitrogens with zero attached hydrogens (tertiary/aromatic N) is 3. The van der Waals surface area contributed by atoms with Gasteiger partial charge in [0.05, 0.1) is 0 Å². The van der Waals surface area contributed by atoms with Crippen molar-refractivity contribution in [2.75, 3.05) is 25.5 Å². The Morgan fingerprint density at radius 3 is 2.57 bits per heavy atom. The zero-order valence-corrected chi connectivity index (χ0v) is 14.2. The van der Waals surface area contributed by atoms with E-state index >= 15 is 0 Å². The number of hydrogen-bond donors (Lipinski definition) is 1. The summed E-state index contributed by atoms with van der Waals surface area (Å²) in [5, 5.41) is 6.85. The zero-order chi connectivity index (χ0) is 16.8. The van der Waals surface area contributed by atoms with Gasteiger partial charge in [0.2, 0.25) is 17.6 Å². The molecule has 2 rings (SSSR count). The first-order chi connectivity index (χ1) is 11.0. The van der Waals surface area contributed by atoms with Crippen LogP contribution < -0.4 is 10.2 Å². The summed E-state index contributed by atoms with van der Waals surface area (Å²) in [7, 11) is 3.99. The van der Waals surface area contributed by atoms with Crippen molar-refractivity contribution in [2.24, 2.45) is 5.92 Å². The minimum Gasteiger partial charge on any atom is -0.378 e. The lowest BCUT2D eigenvalue weighted by Crippen LogP contribution is -2.26. The van der Waals surface area contributed by atoms with Gasteiger partial charge in [0.1, 0.15) is 0 Å². The maximum absolute atomic E-state index is 11.6. The van der Waals surface area contributed by atoms with Gasteiger partial charge in [-0.3, -0.25) is 4.79 Å². The highest BCUT2D eigenvalue weighted by atomic mass is 16.5. The van der Waals surface area contributed by atoms with Crippen LogP contribution in [0.5, 0.6) is 0 Å². The largest absolute Gasteiger partial charge is 0.378 e. The molecule has 0 unspecified atom stereocenters. The van der Waals surface area contributed by atoms with Crippen molar-refractivity contribution >= 4 is 11.6 Å². The lowest BCUT2D eigenvalue weighted by atomic mass is 10.1. The lowest BCUT2D eigenvalue weighted by Gasteiger charge is -2.11. The average molecular weight is 316 g/mol. The monoisotopic (exact) mass is 316 g/mol. The summed E-state index contributed by atoms with van der Waals surface area (Å²) in [6.45, 7) is 4.55. The molecule has 6 nitrogen and oxygen atoms in total. The smallest absolute Gasteiger partial charge is 0.228 e. The third kappa shape index (κ3) is 5.09. The van der Waals surface area contributed by atoms with Crippen LogP contribution in [-0.2, 0) is 11.2 Å². The van der Waals surface area contributed by atoms with Crippen LogP contribution >= 0.6 is 0 Å². The first kappa shape index (κ1) is 17.0. The summed E-state index contributed by atoms with van der Waals surface area (Å²) in [5.41, 5.74) is 2.03. The Balaban J connectivity index is 1.89. The molecule has 6 heteroatoms. The number of carbonyl (C=O) groups excluding carboxylic acids is 1. The summed E-state index contributed by atoms with van der Waals surface area (Å²) in [6, 6.07) is 7.96. The lowest BCUT2D eigenvalue weighted by molar-refractivity contribution is -0.121. The van der Waals surface area contributed by atoms with Gasteiger partial charge in [-0.25, -0.2) is 0 Å². The topological polar surface area (TPSA) is 71.3 Å². The van der Waals surface area contributed by atoms with Gasteiger partial charge in [-0.2, -0.15) is 4.98 Å². The number of nitrogens with one attached hydrogen (secondary N) is 1.